The van der Waals surface area contributed by atoms with Gasteiger partial charge in [0.1, 0.15) is 24.7 Å². The van der Waals surface area contributed by atoms with Gasteiger partial charge in [-0.1, -0.05) is 97.1 Å². The fourth-order valence-corrected chi connectivity index (χ4v) is 5.96. The highest BCUT2D eigenvalue weighted by Crippen LogP contribution is 2.21. The van der Waals surface area contributed by atoms with Crippen LogP contribution in [0.4, 0.5) is 4.79 Å². The molecule has 254 valence electrons. The van der Waals surface area contributed by atoms with Gasteiger partial charge in [-0.25, -0.2) is 9.59 Å². The zero-order chi connectivity index (χ0) is 34.9. The Balaban J connectivity index is 1.22. The van der Waals surface area contributed by atoms with Gasteiger partial charge in [0.15, 0.2) is 0 Å². The topological polar surface area (TPSA) is 165 Å². The minimum atomic E-state index is -1.27. The Bertz CT molecular complexity index is 2090. The van der Waals surface area contributed by atoms with Crippen molar-refractivity contribution in [1.29, 1.82) is 0 Å². The predicted molar refractivity (Wildman–Crippen MR) is 189 cm³/mol. The maximum atomic E-state index is 14.1. The third-order valence-electron chi connectivity index (χ3n) is 8.55. The van der Waals surface area contributed by atoms with Gasteiger partial charge in [-0.3, -0.25) is 9.59 Å². The number of rotatable bonds is 14. The van der Waals surface area contributed by atoms with Crippen molar-refractivity contribution in [2.24, 2.45) is 0 Å². The van der Waals surface area contributed by atoms with Gasteiger partial charge in [0, 0.05) is 53.5 Å². The van der Waals surface area contributed by atoms with Crippen LogP contribution in [0.5, 0.6) is 0 Å². The molecule has 0 saturated heterocycles. The molecular weight excluding hydrogens is 634 g/mol. The molecule has 0 saturated carbocycles. The lowest BCUT2D eigenvalue weighted by Gasteiger charge is -2.24. The number of carbonyl (C=O) groups excluding carboxylic acids is 3. The van der Waals surface area contributed by atoms with Crippen LogP contribution in [0.15, 0.2) is 122 Å². The molecule has 0 bridgehead atoms. The number of hydrogen-bond donors (Lipinski definition) is 6. The number of nitrogens with one attached hydrogen (secondary N) is 5. The van der Waals surface area contributed by atoms with Crippen molar-refractivity contribution in [1.82, 2.24) is 25.9 Å². The Morgan fingerprint density at radius 1 is 0.560 bits per heavy atom. The third-order valence-corrected chi connectivity index (χ3v) is 8.55. The summed E-state index contributed by atoms with van der Waals surface area (Å²) in [6.07, 6.45) is 2.90. The highest BCUT2D eigenvalue weighted by atomic mass is 16.5. The van der Waals surface area contributed by atoms with E-state index in [4.69, 9.17) is 4.74 Å². The average Bonchev–Trinajstić information content (AvgIpc) is 3.74. The first kappa shape index (κ1) is 33.5. The number of benzene rings is 4. The number of para-hydroxylation sites is 2. The molecule has 0 fully saturated rings. The van der Waals surface area contributed by atoms with Gasteiger partial charge in [0.2, 0.25) is 11.8 Å². The minimum absolute atomic E-state index is 0.000141. The van der Waals surface area contributed by atoms with Crippen molar-refractivity contribution in [3.8, 4) is 0 Å². The van der Waals surface area contributed by atoms with Gasteiger partial charge in [0.25, 0.3) is 0 Å². The number of aromatic nitrogens is 2. The van der Waals surface area contributed by atoms with Crippen molar-refractivity contribution in [3.63, 3.8) is 0 Å². The van der Waals surface area contributed by atoms with Crippen LogP contribution in [0.1, 0.15) is 22.3 Å². The summed E-state index contributed by atoms with van der Waals surface area (Å²) < 4.78 is 5.44. The molecule has 2 heterocycles. The molecule has 6 rings (SSSR count). The summed E-state index contributed by atoms with van der Waals surface area (Å²) in [6, 6.07) is 29.8. The van der Waals surface area contributed by atoms with Crippen LogP contribution in [-0.4, -0.2) is 57.1 Å². The van der Waals surface area contributed by atoms with E-state index in [9.17, 15) is 24.3 Å². The maximum Gasteiger partial charge on any atom is 0.408 e. The zero-order valence-corrected chi connectivity index (χ0v) is 27.1. The van der Waals surface area contributed by atoms with Gasteiger partial charge < -0.3 is 35.8 Å². The number of H-pyrrole nitrogens is 2. The molecule has 0 aliphatic heterocycles. The second-order valence-corrected chi connectivity index (χ2v) is 12.0. The van der Waals surface area contributed by atoms with Crippen molar-refractivity contribution < 1.29 is 29.0 Å². The second-order valence-electron chi connectivity index (χ2n) is 12.0. The Labute approximate surface area is 288 Å². The van der Waals surface area contributed by atoms with Gasteiger partial charge in [-0.15, -0.1) is 0 Å². The van der Waals surface area contributed by atoms with Crippen molar-refractivity contribution in [3.05, 3.63) is 144 Å². The molecule has 50 heavy (non-hydrogen) atoms. The molecule has 6 N–H and O–H groups in total. The standard InChI is InChI=1S/C39H37N5O6/c45-36(43-35(38(47)48)21-28-23-41-32-18-10-8-16-30(28)32)33(19-25-11-3-1-4-12-25)42-37(46)34(20-27-22-40-31-17-9-7-15-29(27)31)44-39(49)50-24-26-13-5-2-6-14-26/h1-18,22-23,33-35,40-41H,19-21,24H2,(H,42,46)(H,43,45)(H,44,49)(H,47,48)/t33-,34+,35+/m0/s1. The SMILES string of the molecule is O=C(N[C@H](Cc1c[nH]c2ccccc12)C(=O)N[C@@H](Cc1ccccc1)C(=O)N[C@H](Cc1c[nH]c2ccccc12)C(=O)O)OCc1ccccc1. The maximum absolute atomic E-state index is 14.1. The predicted octanol–water partition coefficient (Wildman–Crippen LogP) is 5.03. The molecule has 3 atom stereocenters. The number of carboxylic acid groups (broad SMARTS) is 1. The number of hydrogen-bond acceptors (Lipinski definition) is 5. The molecule has 0 spiro atoms. The number of fused-ring (bicyclic) bond motifs is 2. The lowest BCUT2D eigenvalue weighted by molar-refractivity contribution is -0.142. The van der Waals surface area contributed by atoms with Crippen LogP contribution in [-0.2, 0) is 45.0 Å². The molecule has 11 nitrogen and oxygen atoms in total. The van der Waals surface area contributed by atoms with Gasteiger partial charge in [-0.05, 0) is 34.4 Å². The van der Waals surface area contributed by atoms with Crippen molar-refractivity contribution in [2.45, 2.75) is 44.0 Å². The van der Waals surface area contributed by atoms with E-state index >= 15 is 0 Å². The molecule has 0 radical (unpaired) electrons. The van der Waals surface area contributed by atoms with E-state index in [0.717, 1.165) is 44.1 Å². The van der Waals surface area contributed by atoms with Crippen LogP contribution < -0.4 is 16.0 Å². The molecule has 6 aromatic rings. The fraction of sp³-hybridized carbons (Fsp3) is 0.179. The van der Waals surface area contributed by atoms with E-state index < -0.39 is 42.0 Å². The van der Waals surface area contributed by atoms with E-state index in [0.29, 0.717) is 0 Å². The average molecular weight is 672 g/mol. The summed E-state index contributed by atoms with van der Waals surface area (Å²) in [5.41, 5.74) is 4.75. The Morgan fingerprint density at radius 2 is 1.02 bits per heavy atom. The first-order chi connectivity index (χ1) is 24.3. The number of amides is 3. The Morgan fingerprint density at radius 3 is 1.58 bits per heavy atom. The van der Waals surface area contributed by atoms with E-state index in [1.165, 1.54) is 0 Å². The van der Waals surface area contributed by atoms with Crippen molar-refractivity contribution in [2.75, 3.05) is 0 Å². The molecule has 0 unspecified atom stereocenters. The van der Waals surface area contributed by atoms with E-state index in [1.54, 1.807) is 12.4 Å². The van der Waals surface area contributed by atoms with Gasteiger partial charge >= 0.3 is 12.1 Å². The lowest BCUT2D eigenvalue weighted by Crippen LogP contribution is -2.57. The molecule has 3 amide bonds. The minimum Gasteiger partial charge on any atom is -0.480 e. The van der Waals surface area contributed by atoms with Crippen LogP contribution in [0.3, 0.4) is 0 Å². The summed E-state index contributed by atoms with van der Waals surface area (Å²) in [5, 5.41) is 20.0. The number of aliphatic carboxylic acids is 1. The monoisotopic (exact) mass is 671 g/mol. The van der Waals surface area contributed by atoms with Crippen LogP contribution in [0.25, 0.3) is 21.8 Å². The normalized spacial score (nSPS) is 12.9. The summed E-state index contributed by atoms with van der Waals surface area (Å²) in [5.74, 6) is -2.52. The first-order valence-electron chi connectivity index (χ1n) is 16.3. The molecule has 0 aliphatic rings. The quantitative estimate of drug-likeness (QED) is 0.0951. The van der Waals surface area contributed by atoms with Crippen LogP contribution in [0, 0.1) is 0 Å². The smallest absolute Gasteiger partial charge is 0.408 e. The number of alkyl carbamates (subject to hydrolysis) is 1. The van der Waals surface area contributed by atoms with E-state index in [2.05, 4.69) is 25.9 Å². The van der Waals surface area contributed by atoms with Crippen LogP contribution in [0.2, 0.25) is 0 Å². The van der Waals surface area contributed by atoms with Gasteiger partial charge in [0.05, 0.1) is 0 Å². The van der Waals surface area contributed by atoms with Crippen molar-refractivity contribution >= 4 is 45.7 Å². The summed E-state index contributed by atoms with van der Waals surface area (Å²) in [6.45, 7) is 0.000141. The Kier molecular flexibility index (Phi) is 10.5. The van der Waals surface area contributed by atoms with E-state index in [-0.39, 0.29) is 25.9 Å². The fourth-order valence-electron chi connectivity index (χ4n) is 5.96. The molecule has 2 aromatic heterocycles. The third kappa shape index (κ3) is 8.37. The largest absolute Gasteiger partial charge is 0.480 e. The summed E-state index contributed by atoms with van der Waals surface area (Å²) in [7, 11) is 0. The van der Waals surface area contributed by atoms with Crippen LogP contribution >= 0.6 is 0 Å². The Hall–Kier alpha value is -6.36. The lowest BCUT2D eigenvalue weighted by atomic mass is 10.0. The molecule has 11 heteroatoms. The summed E-state index contributed by atoms with van der Waals surface area (Å²) in [4.78, 5) is 59.7. The highest BCUT2D eigenvalue weighted by Gasteiger charge is 2.31. The zero-order valence-electron chi connectivity index (χ0n) is 27.1. The second kappa shape index (κ2) is 15.7. The number of carboxylic acids is 1. The number of ether oxygens (including phenoxy) is 1. The highest BCUT2D eigenvalue weighted by molar-refractivity contribution is 5.94. The summed E-state index contributed by atoms with van der Waals surface area (Å²) >= 11 is 0. The van der Waals surface area contributed by atoms with E-state index in [1.807, 2.05) is 109 Å². The molecular formula is C39H37N5O6. The molecule has 0 aliphatic carbocycles. The number of carbonyl (C=O) groups is 4. The van der Waals surface area contributed by atoms with Gasteiger partial charge in [-0.2, -0.15) is 0 Å². The first-order valence-corrected chi connectivity index (χ1v) is 16.3. The molecule has 4 aromatic carbocycles. The number of aromatic amines is 2.